The molecule has 0 saturated heterocycles. The molecule has 122 valence electrons. The Morgan fingerprint density at radius 3 is 2.46 bits per heavy atom. The molecule has 0 spiro atoms. The van der Waals surface area contributed by atoms with E-state index >= 15 is 0 Å². The number of nitrogens with one attached hydrogen (secondary N) is 1. The lowest BCUT2D eigenvalue weighted by Crippen LogP contribution is -2.30. The van der Waals surface area contributed by atoms with Crippen LogP contribution in [0.3, 0.4) is 0 Å². The van der Waals surface area contributed by atoms with Crippen molar-refractivity contribution in [1.29, 1.82) is 0 Å². The Balaban J connectivity index is 1.68. The van der Waals surface area contributed by atoms with E-state index in [2.05, 4.69) is 5.32 Å². The zero-order chi connectivity index (χ0) is 16.9. The van der Waals surface area contributed by atoms with Gasteiger partial charge in [0.2, 0.25) is 0 Å². The molecular formula is C20H19NO3. The molecule has 4 heteroatoms. The number of methoxy groups -OCH3 is 1. The van der Waals surface area contributed by atoms with Crippen LogP contribution in [0.2, 0.25) is 0 Å². The quantitative estimate of drug-likeness (QED) is 0.764. The average Bonchev–Trinajstić information content (AvgIpc) is 2.61. The number of benzene rings is 3. The minimum absolute atomic E-state index is 0.201. The average molecular weight is 321 g/mol. The number of hydrogen-bond acceptors (Lipinski definition) is 3. The Labute approximate surface area is 141 Å². The highest BCUT2D eigenvalue weighted by molar-refractivity contribution is 5.96. The highest BCUT2D eigenvalue weighted by atomic mass is 16.5. The molecule has 1 amide bonds. The van der Waals surface area contributed by atoms with E-state index in [-0.39, 0.29) is 5.91 Å². The lowest BCUT2D eigenvalue weighted by Gasteiger charge is -2.15. The Hall–Kier alpha value is -3.01. The zero-order valence-electron chi connectivity index (χ0n) is 13.7. The Morgan fingerprint density at radius 1 is 0.917 bits per heavy atom. The summed E-state index contributed by atoms with van der Waals surface area (Å²) in [6.07, 6.45) is -0.622. The summed E-state index contributed by atoms with van der Waals surface area (Å²) in [5, 5.41) is 5.10. The van der Waals surface area contributed by atoms with Crippen molar-refractivity contribution in [2.24, 2.45) is 0 Å². The predicted octanol–water partition coefficient (Wildman–Crippen LogP) is 4.25. The van der Waals surface area contributed by atoms with Gasteiger partial charge < -0.3 is 14.8 Å². The van der Waals surface area contributed by atoms with Crippen molar-refractivity contribution in [1.82, 2.24) is 0 Å². The highest BCUT2D eigenvalue weighted by Crippen LogP contribution is 2.21. The number of hydrogen-bond donors (Lipinski definition) is 1. The summed E-state index contributed by atoms with van der Waals surface area (Å²) < 4.78 is 10.8. The third kappa shape index (κ3) is 3.66. The van der Waals surface area contributed by atoms with Gasteiger partial charge in [0, 0.05) is 11.8 Å². The van der Waals surface area contributed by atoms with Crippen LogP contribution in [0.5, 0.6) is 11.5 Å². The van der Waals surface area contributed by atoms with Crippen molar-refractivity contribution in [2.45, 2.75) is 13.0 Å². The molecule has 0 aliphatic rings. The molecule has 1 N–H and O–H groups in total. The van der Waals surface area contributed by atoms with E-state index in [1.165, 1.54) is 0 Å². The third-order valence-corrected chi connectivity index (χ3v) is 3.74. The van der Waals surface area contributed by atoms with Gasteiger partial charge in [0.05, 0.1) is 7.11 Å². The molecule has 4 nitrogen and oxygen atoms in total. The van der Waals surface area contributed by atoms with Crippen LogP contribution in [0.1, 0.15) is 6.92 Å². The van der Waals surface area contributed by atoms with Gasteiger partial charge >= 0.3 is 0 Å². The molecule has 0 heterocycles. The maximum absolute atomic E-state index is 12.3. The van der Waals surface area contributed by atoms with E-state index in [0.29, 0.717) is 11.5 Å². The monoisotopic (exact) mass is 321 g/mol. The molecule has 3 aromatic rings. The molecule has 24 heavy (non-hydrogen) atoms. The maximum atomic E-state index is 12.3. The Kier molecular flexibility index (Phi) is 4.66. The summed E-state index contributed by atoms with van der Waals surface area (Å²) in [6, 6.07) is 21.0. The van der Waals surface area contributed by atoms with Gasteiger partial charge in [0.25, 0.3) is 5.91 Å². The zero-order valence-corrected chi connectivity index (χ0v) is 13.7. The fourth-order valence-electron chi connectivity index (χ4n) is 2.44. The lowest BCUT2D eigenvalue weighted by atomic mass is 10.1. The molecule has 0 aliphatic carbocycles. The number of amides is 1. The van der Waals surface area contributed by atoms with Crippen LogP contribution >= 0.6 is 0 Å². The summed E-state index contributed by atoms with van der Waals surface area (Å²) in [6.45, 7) is 1.72. The van der Waals surface area contributed by atoms with Crippen LogP contribution in [0.25, 0.3) is 10.8 Å². The van der Waals surface area contributed by atoms with Crippen molar-refractivity contribution in [3.05, 3.63) is 66.7 Å². The Bertz CT molecular complexity index is 860. The molecule has 3 aromatic carbocycles. The van der Waals surface area contributed by atoms with E-state index in [1.807, 2.05) is 54.6 Å². The molecule has 0 fully saturated rings. The van der Waals surface area contributed by atoms with Crippen LogP contribution in [-0.4, -0.2) is 19.1 Å². The second-order valence-corrected chi connectivity index (χ2v) is 5.49. The third-order valence-electron chi connectivity index (χ3n) is 3.74. The van der Waals surface area contributed by atoms with Crippen LogP contribution in [0, 0.1) is 0 Å². The highest BCUT2D eigenvalue weighted by Gasteiger charge is 2.15. The second-order valence-electron chi connectivity index (χ2n) is 5.49. The van der Waals surface area contributed by atoms with Crippen molar-refractivity contribution in [3.63, 3.8) is 0 Å². The largest absolute Gasteiger partial charge is 0.497 e. The lowest BCUT2D eigenvalue weighted by molar-refractivity contribution is -0.122. The number of ether oxygens (including phenoxy) is 2. The van der Waals surface area contributed by atoms with Crippen LogP contribution in [-0.2, 0) is 4.79 Å². The van der Waals surface area contributed by atoms with Crippen molar-refractivity contribution < 1.29 is 14.3 Å². The normalized spacial score (nSPS) is 11.8. The predicted molar refractivity (Wildman–Crippen MR) is 95.7 cm³/mol. The van der Waals surface area contributed by atoms with Crippen molar-refractivity contribution >= 4 is 22.4 Å². The van der Waals surface area contributed by atoms with E-state index in [9.17, 15) is 4.79 Å². The SMILES string of the molecule is COc1cccc(O[C@H](C)C(=O)Nc2ccc3ccccc3c2)c1. The second kappa shape index (κ2) is 7.04. The fourth-order valence-corrected chi connectivity index (χ4v) is 2.44. The summed E-state index contributed by atoms with van der Waals surface area (Å²) in [5.41, 5.74) is 0.750. The van der Waals surface area contributed by atoms with E-state index in [0.717, 1.165) is 16.5 Å². The first-order valence-corrected chi connectivity index (χ1v) is 7.76. The number of anilines is 1. The smallest absolute Gasteiger partial charge is 0.265 e. The minimum atomic E-state index is -0.622. The topological polar surface area (TPSA) is 47.6 Å². The number of rotatable bonds is 5. The minimum Gasteiger partial charge on any atom is -0.497 e. The molecular weight excluding hydrogens is 302 g/mol. The molecule has 1 atom stereocenters. The van der Waals surface area contributed by atoms with Gasteiger partial charge in [-0.25, -0.2) is 0 Å². The standard InChI is InChI=1S/C20H19NO3/c1-14(24-19-9-5-8-18(13-19)23-2)20(22)21-17-11-10-15-6-3-4-7-16(15)12-17/h3-14H,1-2H3,(H,21,22)/t14-/m1/s1. The van der Waals surface area contributed by atoms with Crippen molar-refractivity contribution in [3.8, 4) is 11.5 Å². The van der Waals surface area contributed by atoms with Crippen molar-refractivity contribution in [2.75, 3.05) is 12.4 Å². The molecule has 0 unspecified atom stereocenters. The van der Waals surface area contributed by atoms with Gasteiger partial charge in [-0.15, -0.1) is 0 Å². The van der Waals surface area contributed by atoms with Gasteiger partial charge in [-0.05, 0) is 42.0 Å². The van der Waals surface area contributed by atoms with Gasteiger partial charge in [-0.3, -0.25) is 4.79 Å². The summed E-state index contributed by atoms with van der Waals surface area (Å²) in [7, 11) is 1.59. The number of fused-ring (bicyclic) bond motifs is 1. The maximum Gasteiger partial charge on any atom is 0.265 e. The van der Waals surface area contributed by atoms with E-state index < -0.39 is 6.10 Å². The fraction of sp³-hybridized carbons (Fsp3) is 0.150. The van der Waals surface area contributed by atoms with Gasteiger partial charge in [0.1, 0.15) is 11.5 Å². The first-order valence-electron chi connectivity index (χ1n) is 7.76. The van der Waals surface area contributed by atoms with Gasteiger partial charge in [-0.2, -0.15) is 0 Å². The summed E-state index contributed by atoms with van der Waals surface area (Å²) in [4.78, 5) is 12.3. The van der Waals surface area contributed by atoms with Crippen LogP contribution in [0.4, 0.5) is 5.69 Å². The molecule has 0 saturated carbocycles. The van der Waals surface area contributed by atoms with E-state index in [4.69, 9.17) is 9.47 Å². The van der Waals surface area contributed by atoms with Gasteiger partial charge in [-0.1, -0.05) is 36.4 Å². The molecule has 0 aromatic heterocycles. The van der Waals surface area contributed by atoms with Crippen LogP contribution < -0.4 is 14.8 Å². The van der Waals surface area contributed by atoms with Gasteiger partial charge in [0.15, 0.2) is 6.10 Å². The van der Waals surface area contributed by atoms with E-state index in [1.54, 1.807) is 26.2 Å². The molecule has 0 bridgehead atoms. The molecule has 0 radical (unpaired) electrons. The summed E-state index contributed by atoms with van der Waals surface area (Å²) >= 11 is 0. The number of carbonyl (C=O) groups is 1. The molecule has 0 aliphatic heterocycles. The first-order chi connectivity index (χ1) is 11.7. The number of carbonyl (C=O) groups excluding carboxylic acids is 1. The Morgan fingerprint density at radius 2 is 1.67 bits per heavy atom. The van der Waals surface area contributed by atoms with Crippen LogP contribution in [0.15, 0.2) is 66.7 Å². The first kappa shape index (κ1) is 15.9. The summed E-state index contributed by atoms with van der Waals surface area (Å²) in [5.74, 6) is 1.08. The molecule has 3 rings (SSSR count).